The molecule has 142 valence electrons. The smallest absolute Gasteiger partial charge is 0.352 e. The van der Waals surface area contributed by atoms with Crippen LogP contribution in [0.5, 0.6) is 11.5 Å². The Morgan fingerprint density at radius 3 is 2.46 bits per heavy atom. The molecule has 1 unspecified atom stereocenters. The van der Waals surface area contributed by atoms with Crippen molar-refractivity contribution in [1.82, 2.24) is 4.98 Å². The highest BCUT2D eigenvalue weighted by Gasteiger charge is 2.18. The molecule has 1 heterocycles. The van der Waals surface area contributed by atoms with Crippen LogP contribution in [-0.4, -0.2) is 23.0 Å². The summed E-state index contributed by atoms with van der Waals surface area (Å²) < 4.78 is 11.7. The van der Waals surface area contributed by atoms with Gasteiger partial charge in [0.05, 0.1) is 16.4 Å². The Kier molecular flexibility index (Phi) is 6.39. The minimum atomic E-state index is -0.799. The first-order chi connectivity index (χ1) is 13.5. The highest BCUT2D eigenvalue weighted by molar-refractivity contribution is 9.10. The number of hydrogen-bond donors (Lipinski definition) is 1. The largest absolute Gasteiger partial charge is 0.478 e. The number of anilines is 1. The fourth-order valence-electron chi connectivity index (χ4n) is 2.29. The zero-order valence-electron chi connectivity index (χ0n) is 15.0. The highest BCUT2D eigenvalue weighted by atomic mass is 79.9. The molecule has 0 aliphatic carbocycles. The van der Waals surface area contributed by atoms with Gasteiger partial charge in [-0.3, -0.25) is 9.78 Å². The quantitative estimate of drug-likeness (QED) is 0.451. The van der Waals surface area contributed by atoms with Crippen LogP contribution in [0.1, 0.15) is 17.3 Å². The number of carbonyl (C=O) groups excluding carboxylic acids is 2. The summed E-state index contributed by atoms with van der Waals surface area (Å²) in [6.07, 6.45) is 2.38. The van der Waals surface area contributed by atoms with Gasteiger partial charge < -0.3 is 14.8 Å². The molecule has 6 nitrogen and oxygen atoms in total. The molecule has 2 aromatic carbocycles. The van der Waals surface area contributed by atoms with Crippen LogP contribution in [-0.2, 0) is 4.79 Å². The minimum Gasteiger partial charge on any atom is -0.478 e. The Labute approximate surface area is 170 Å². The van der Waals surface area contributed by atoms with Gasteiger partial charge in [-0.05, 0) is 71.4 Å². The summed E-state index contributed by atoms with van der Waals surface area (Å²) in [7, 11) is 0. The second-order valence-corrected chi connectivity index (χ2v) is 6.69. The predicted octanol–water partition coefficient (Wildman–Crippen LogP) is 4.47. The summed E-state index contributed by atoms with van der Waals surface area (Å²) in [5.41, 5.74) is 1.03. The van der Waals surface area contributed by atoms with Crippen LogP contribution in [0.15, 0.2) is 77.5 Å². The van der Waals surface area contributed by atoms with Crippen molar-refractivity contribution in [3.63, 3.8) is 0 Å². The molecule has 1 atom stereocenters. The fourth-order valence-corrected chi connectivity index (χ4v) is 2.67. The summed E-state index contributed by atoms with van der Waals surface area (Å²) in [5.74, 6) is 0.0553. The Morgan fingerprint density at radius 1 is 1.04 bits per heavy atom. The zero-order valence-corrected chi connectivity index (χ0v) is 16.5. The number of halogens is 1. The maximum atomic E-state index is 12.2. The SMILES string of the molecule is CC(Oc1ccccc1Br)C(=O)Oc1ccc(C(=O)Nc2cccnc2)cc1. The van der Waals surface area contributed by atoms with Crippen LogP contribution in [0, 0.1) is 0 Å². The van der Waals surface area contributed by atoms with E-state index in [4.69, 9.17) is 9.47 Å². The molecule has 0 saturated heterocycles. The lowest BCUT2D eigenvalue weighted by Gasteiger charge is -2.15. The Morgan fingerprint density at radius 2 is 1.79 bits per heavy atom. The third kappa shape index (κ3) is 5.17. The van der Waals surface area contributed by atoms with Crippen LogP contribution in [0.3, 0.4) is 0 Å². The first-order valence-corrected chi connectivity index (χ1v) is 9.26. The number of benzene rings is 2. The van der Waals surface area contributed by atoms with E-state index in [1.807, 2.05) is 18.2 Å². The van der Waals surface area contributed by atoms with E-state index in [1.54, 1.807) is 61.8 Å². The molecule has 1 N–H and O–H groups in total. The normalized spacial score (nSPS) is 11.4. The molecule has 7 heteroatoms. The minimum absolute atomic E-state index is 0.281. The molecule has 1 aromatic heterocycles. The van der Waals surface area contributed by atoms with E-state index >= 15 is 0 Å². The van der Waals surface area contributed by atoms with E-state index in [1.165, 1.54) is 0 Å². The van der Waals surface area contributed by atoms with E-state index in [0.717, 1.165) is 4.47 Å². The van der Waals surface area contributed by atoms with Crippen molar-refractivity contribution in [1.29, 1.82) is 0 Å². The molecule has 1 amide bonds. The highest BCUT2D eigenvalue weighted by Crippen LogP contribution is 2.25. The van der Waals surface area contributed by atoms with Crippen LogP contribution in [0.2, 0.25) is 0 Å². The summed E-state index contributed by atoms with van der Waals surface area (Å²) >= 11 is 3.37. The summed E-state index contributed by atoms with van der Waals surface area (Å²) in [5, 5.41) is 2.74. The molecule has 0 fully saturated rings. The van der Waals surface area contributed by atoms with E-state index in [-0.39, 0.29) is 5.91 Å². The molecule has 0 saturated carbocycles. The number of carbonyl (C=O) groups is 2. The van der Waals surface area contributed by atoms with Gasteiger partial charge in [-0.15, -0.1) is 0 Å². The van der Waals surface area contributed by atoms with Gasteiger partial charge in [-0.1, -0.05) is 12.1 Å². The lowest BCUT2D eigenvalue weighted by Crippen LogP contribution is -2.28. The molecule has 0 aliphatic heterocycles. The second kappa shape index (κ2) is 9.14. The topological polar surface area (TPSA) is 77.5 Å². The van der Waals surface area contributed by atoms with Gasteiger partial charge in [0, 0.05) is 11.8 Å². The molecule has 28 heavy (non-hydrogen) atoms. The average molecular weight is 441 g/mol. The van der Waals surface area contributed by atoms with Gasteiger partial charge >= 0.3 is 5.97 Å². The van der Waals surface area contributed by atoms with Crippen LogP contribution >= 0.6 is 15.9 Å². The number of nitrogens with one attached hydrogen (secondary N) is 1. The van der Waals surface area contributed by atoms with E-state index < -0.39 is 12.1 Å². The van der Waals surface area contributed by atoms with E-state index in [9.17, 15) is 9.59 Å². The van der Waals surface area contributed by atoms with Crippen molar-refractivity contribution in [3.05, 3.63) is 83.1 Å². The maximum absolute atomic E-state index is 12.2. The number of rotatable bonds is 6. The molecule has 3 aromatic rings. The third-order valence-corrected chi connectivity index (χ3v) is 4.38. The van der Waals surface area contributed by atoms with Gasteiger partial charge in [-0.25, -0.2) is 4.79 Å². The number of amides is 1. The Balaban J connectivity index is 1.58. The molecule has 0 radical (unpaired) electrons. The van der Waals surface area contributed by atoms with Crippen molar-refractivity contribution in [3.8, 4) is 11.5 Å². The first-order valence-electron chi connectivity index (χ1n) is 8.47. The van der Waals surface area contributed by atoms with Crippen LogP contribution in [0.25, 0.3) is 0 Å². The molecular weight excluding hydrogens is 424 g/mol. The van der Waals surface area contributed by atoms with Crippen molar-refractivity contribution in [2.45, 2.75) is 13.0 Å². The van der Waals surface area contributed by atoms with Gasteiger partial charge in [0.15, 0.2) is 6.10 Å². The molecule has 0 spiro atoms. The zero-order chi connectivity index (χ0) is 19.9. The number of aromatic nitrogens is 1. The van der Waals surface area contributed by atoms with E-state index in [2.05, 4.69) is 26.2 Å². The molecule has 0 aliphatic rings. The monoisotopic (exact) mass is 440 g/mol. The second-order valence-electron chi connectivity index (χ2n) is 5.83. The number of ether oxygens (including phenoxy) is 2. The van der Waals surface area contributed by atoms with E-state index in [0.29, 0.717) is 22.7 Å². The van der Waals surface area contributed by atoms with Gasteiger partial charge in [0.1, 0.15) is 11.5 Å². The fraction of sp³-hybridized carbons (Fsp3) is 0.0952. The molecule has 0 bridgehead atoms. The summed E-state index contributed by atoms with van der Waals surface area (Å²) in [6.45, 7) is 1.61. The number of nitrogens with zero attached hydrogens (tertiary/aromatic N) is 1. The Hall–Kier alpha value is -3.19. The lowest BCUT2D eigenvalue weighted by atomic mass is 10.2. The number of para-hydroxylation sites is 1. The summed E-state index contributed by atoms with van der Waals surface area (Å²) in [6, 6.07) is 17.0. The van der Waals surface area contributed by atoms with Crippen LogP contribution in [0.4, 0.5) is 5.69 Å². The number of esters is 1. The predicted molar refractivity (Wildman–Crippen MR) is 108 cm³/mol. The lowest BCUT2D eigenvalue weighted by molar-refractivity contribution is -0.141. The van der Waals surface area contributed by atoms with Crippen molar-refractivity contribution < 1.29 is 19.1 Å². The van der Waals surface area contributed by atoms with Crippen molar-refractivity contribution >= 4 is 33.5 Å². The van der Waals surface area contributed by atoms with Gasteiger partial charge in [0.2, 0.25) is 0 Å². The number of hydrogen-bond acceptors (Lipinski definition) is 5. The van der Waals surface area contributed by atoms with Crippen molar-refractivity contribution in [2.24, 2.45) is 0 Å². The average Bonchev–Trinajstić information content (AvgIpc) is 2.71. The molecular formula is C21H17BrN2O4. The molecule has 3 rings (SSSR count). The summed E-state index contributed by atoms with van der Waals surface area (Å²) in [4.78, 5) is 28.4. The maximum Gasteiger partial charge on any atom is 0.352 e. The Bertz CT molecular complexity index is 962. The van der Waals surface area contributed by atoms with Crippen LogP contribution < -0.4 is 14.8 Å². The van der Waals surface area contributed by atoms with Crippen molar-refractivity contribution in [2.75, 3.05) is 5.32 Å². The van der Waals surface area contributed by atoms with Gasteiger partial charge in [0.25, 0.3) is 5.91 Å². The third-order valence-electron chi connectivity index (χ3n) is 3.73. The first kappa shape index (κ1) is 19.6. The number of pyridine rings is 1. The van der Waals surface area contributed by atoms with Gasteiger partial charge in [-0.2, -0.15) is 0 Å². The standard InChI is InChI=1S/C21H17BrN2O4/c1-14(27-19-7-3-2-6-18(19)22)21(26)28-17-10-8-15(9-11-17)20(25)24-16-5-4-12-23-13-16/h2-14H,1H3,(H,24,25).